The van der Waals surface area contributed by atoms with Crippen LogP contribution in [0.4, 0.5) is 5.69 Å². The molecule has 6 atom stereocenters. The average Bonchev–Trinajstić information content (AvgIpc) is 3.67. The zero-order chi connectivity index (χ0) is 35.3. The van der Waals surface area contributed by atoms with Crippen LogP contribution in [0.3, 0.4) is 0 Å². The molecule has 8 nitrogen and oxygen atoms in total. The van der Waals surface area contributed by atoms with Crippen molar-refractivity contribution in [3.63, 3.8) is 0 Å². The van der Waals surface area contributed by atoms with Crippen LogP contribution in [-0.2, 0) is 32.8 Å². The molecule has 51 heavy (non-hydrogen) atoms. The van der Waals surface area contributed by atoms with E-state index in [0.29, 0.717) is 42.5 Å². The Hall–Kier alpha value is -3.95. The lowest BCUT2D eigenvalue weighted by Gasteiger charge is -2.46. The molecular weight excluding hydrogens is 659 g/mol. The second-order valence-corrected chi connectivity index (χ2v) is 18.1. The summed E-state index contributed by atoms with van der Waals surface area (Å²) in [6, 6.07) is 14.2. The zero-order valence-corrected chi connectivity index (χ0v) is 30.8. The van der Waals surface area contributed by atoms with Gasteiger partial charge < -0.3 is 18.9 Å². The molecule has 0 N–H and O–H groups in total. The third-order valence-electron chi connectivity index (χ3n) is 12.0. The van der Waals surface area contributed by atoms with Crippen molar-refractivity contribution in [2.24, 2.45) is 22.1 Å². The molecule has 3 aromatic rings. The summed E-state index contributed by atoms with van der Waals surface area (Å²) in [5.74, 6) is 0.536. The van der Waals surface area contributed by atoms with E-state index in [0.717, 1.165) is 62.3 Å². The van der Waals surface area contributed by atoms with Gasteiger partial charge in [-0.2, -0.15) is 4.36 Å². The SMILES string of the molecule is CO[C@H]1/C=C/C[C@H](C)C[S@@](=O)(CC(=O)c2cc3n(c2)CC=C3)=NC(=O)c2ccc3c(c2)N(C[C@@H]2CC[C@H]21)C[C@@]1(CCCc2cc(C)ccc21)CO3. The Balaban J connectivity index is 1.19. The van der Waals surface area contributed by atoms with Crippen LogP contribution in [0.5, 0.6) is 5.75 Å². The van der Waals surface area contributed by atoms with Crippen molar-refractivity contribution in [3.8, 4) is 5.75 Å². The Labute approximate surface area is 302 Å². The van der Waals surface area contributed by atoms with Gasteiger partial charge in [-0.25, -0.2) is 4.21 Å². The molecule has 1 fully saturated rings. The predicted molar refractivity (Wildman–Crippen MR) is 202 cm³/mol. The summed E-state index contributed by atoms with van der Waals surface area (Å²) in [4.78, 5) is 30.1. The van der Waals surface area contributed by atoms with Crippen LogP contribution in [0.2, 0.25) is 0 Å². The number of anilines is 1. The molecule has 0 saturated heterocycles. The second kappa shape index (κ2) is 13.6. The Kier molecular flexibility index (Phi) is 9.07. The molecule has 268 valence electrons. The Morgan fingerprint density at radius 2 is 2.02 bits per heavy atom. The van der Waals surface area contributed by atoms with E-state index in [4.69, 9.17) is 9.47 Å². The maximum atomic E-state index is 14.7. The van der Waals surface area contributed by atoms with Gasteiger partial charge in [0.15, 0.2) is 5.78 Å². The van der Waals surface area contributed by atoms with E-state index in [-0.39, 0.29) is 34.7 Å². The average molecular weight is 708 g/mol. The van der Waals surface area contributed by atoms with Gasteiger partial charge in [0.05, 0.1) is 33.9 Å². The number of allylic oxidation sites excluding steroid dienone is 2. The fourth-order valence-corrected chi connectivity index (χ4v) is 11.4. The van der Waals surface area contributed by atoms with Gasteiger partial charge in [0.25, 0.3) is 5.91 Å². The van der Waals surface area contributed by atoms with Crippen LogP contribution in [0.15, 0.2) is 71.3 Å². The lowest BCUT2D eigenvalue weighted by molar-refractivity contribution is 0.0131. The molecule has 1 saturated carbocycles. The number of carbonyl (C=O) groups is 2. The highest BCUT2D eigenvalue weighted by Gasteiger charge is 2.44. The van der Waals surface area contributed by atoms with E-state index in [1.54, 1.807) is 13.2 Å². The van der Waals surface area contributed by atoms with Crippen molar-refractivity contribution < 1.29 is 23.3 Å². The van der Waals surface area contributed by atoms with Crippen molar-refractivity contribution in [1.82, 2.24) is 4.57 Å². The molecule has 3 aliphatic heterocycles. The minimum absolute atomic E-state index is 0.0201. The molecule has 2 aliphatic carbocycles. The fourth-order valence-electron chi connectivity index (χ4n) is 9.18. The molecule has 2 bridgehead atoms. The number of aromatic nitrogens is 1. The fraction of sp³-hybridized carbons (Fsp3) is 0.476. The molecular formula is C42H49N3O5S. The number of ether oxygens (including phenoxy) is 2. The smallest absolute Gasteiger partial charge is 0.285 e. The summed E-state index contributed by atoms with van der Waals surface area (Å²) in [5, 5.41) is 0. The van der Waals surface area contributed by atoms with Gasteiger partial charge in [0, 0.05) is 60.9 Å². The van der Waals surface area contributed by atoms with Crippen molar-refractivity contribution in [2.75, 3.05) is 43.2 Å². The van der Waals surface area contributed by atoms with Crippen LogP contribution < -0.4 is 9.64 Å². The molecule has 1 aromatic heterocycles. The minimum atomic E-state index is -3.24. The molecule has 1 spiro atoms. The lowest BCUT2D eigenvalue weighted by atomic mass is 9.68. The monoisotopic (exact) mass is 707 g/mol. The Bertz CT molecular complexity index is 2050. The lowest BCUT2D eigenvalue weighted by Crippen LogP contribution is -2.49. The minimum Gasteiger partial charge on any atom is -0.490 e. The van der Waals surface area contributed by atoms with Gasteiger partial charge in [-0.3, -0.25) is 9.59 Å². The summed E-state index contributed by atoms with van der Waals surface area (Å²) < 4.78 is 33.9. The second-order valence-electron chi connectivity index (χ2n) is 15.7. The number of rotatable bonds is 4. The molecule has 4 heterocycles. The highest BCUT2D eigenvalue weighted by molar-refractivity contribution is 7.94. The zero-order valence-electron chi connectivity index (χ0n) is 30.0. The summed E-state index contributed by atoms with van der Waals surface area (Å²) in [7, 11) is -1.45. The van der Waals surface area contributed by atoms with E-state index in [1.165, 1.54) is 16.7 Å². The topological polar surface area (TPSA) is 90.2 Å². The first-order valence-electron chi connectivity index (χ1n) is 18.6. The number of ketones is 1. The van der Waals surface area contributed by atoms with E-state index in [9.17, 15) is 13.8 Å². The van der Waals surface area contributed by atoms with Gasteiger partial charge in [-0.1, -0.05) is 48.9 Å². The summed E-state index contributed by atoms with van der Waals surface area (Å²) >= 11 is 0. The number of amides is 1. The van der Waals surface area contributed by atoms with Crippen molar-refractivity contribution in [3.05, 3.63) is 100 Å². The highest BCUT2D eigenvalue weighted by atomic mass is 32.2. The van der Waals surface area contributed by atoms with E-state index in [2.05, 4.69) is 46.5 Å². The van der Waals surface area contributed by atoms with Gasteiger partial charge in [-0.05, 0) is 105 Å². The number of carbonyl (C=O) groups excluding carboxylic acids is 2. The summed E-state index contributed by atoms with van der Waals surface area (Å²) in [5.41, 5.74) is 6.57. The molecule has 2 aromatic carbocycles. The predicted octanol–water partition coefficient (Wildman–Crippen LogP) is 7.42. The highest BCUT2D eigenvalue weighted by Crippen LogP contribution is 2.47. The summed E-state index contributed by atoms with van der Waals surface area (Å²) in [6.07, 6.45) is 16.2. The molecule has 5 aliphatic rings. The first kappa shape index (κ1) is 34.2. The van der Waals surface area contributed by atoms with Crippen LogP contribution >= 0.6 is 0 Å². The van der Waals surface area contributed by atoms with E-state index in [1.807, 2.05) is 48.0 Å². The molecule has 0 radical (unpaired) electrons. The van der Waals surface area contributed by atoms with Crippen molar-refractivity contribution in [2.45, 2.75) is 70.4 Å². The summed E-state index contributed by atoms with van der Waals surface area (Å²) in [6.45, 7) is 7.05. The first-order valence-corrected chi connectivity index (χ1v) is 20.5. The van der Waals surface area contributed by atoms with E-state index < -0.39 is 15.6 Å². The molecule has 8 rings (SSSR count). The third-order valence-corrected chi connectivity index (χ3v) is 14.3. The maximum Gasteiger partial charge on any atom is 0.285 e. The van der Waals surface area contributed by atoms with E-state index >= 15 is 0 Å². The Morgan fingerprint density at radius 3 is 2.82 bits per heavy atom. The third kappa shape index (κ3) is 6.63. The first-order chi connectivity index (χ1) is 24.6. The number of aryl methyl sites for hydroxylation is 2. The van der Waals surface area contributed by atoms with Crippen LogP contribution in [-0.4, -0.2) is 64.9 Å². The van der Waals surface area contributed by atoms with Crippen LogP contribution in [0.25, 0.3) is 6.08 Å². The number of Topliss-reactive ketones (excluding diaryl/α,β-unsaturated/α-hetero) is 1. The number of fused-ring (bicyclic) bond motifs is 5. The largest absolute Gasteiger partial charge is 0.490 e. The number of benzene rings is 2. The normalized spacial score (nSPS) is 30.6. The van der Waals surface area contributed by atoms with Gasteiger partial charge in [0.2, 0.25) is 0 Å². The van der Waals surface area contributed by atoms with Gasteiger partial charge in [-0.15, -0.1) is 0 Å². The number of hydrogen-bond acceptors (Lipinski definition) is 6. The van der Waals surface area contributed by atoms with Gasteiger partial charge in [0.1, 0.15) is 5.75 Å². The number of nitrogens with zero attached hydrogens (tertiary/aromatic N) is 3. The number of hydrogen-bond donors (Lipinski definition) is 0. The number of methoxy groups -OCH3 is 1. The molecule has 9 heteroatoms. The quantitative estimate of drug-likeness (QED) is 0.207. The van der Waals surface area contributed by atoms with Crippen LogP contribution in [0, 0.1) is 24.7 Å². The van der Waals surface area contributed by atoms with Crippen molar-refractivity contribution >= 4 is 33.2 Å². The Morgan fingerprint density at radius 1 is 1.14 bits per heavy atom. The van der Waals surface area contributed by atoms with Gasteiger partial charge >= 0.3 is 0 Å². The molecule has 0 unspecified atom stereocenters. The van der Waals surface area contributed by atoms with Crippen LogP contribution in [0.1, 0.15) is 82.1 Å². The van der Waals surface area contributed by atoms with Crippen molar-refractivity contribution in [1.29, 1.82) is 0 Å². The molecule has 1 amide bonds. The standard InChI is InChI=1S/C42H49N3O5S/c1-28-11-15-36-30(19-28)8-5-17-42(36)26-45-22-32-12-14-35(32)39(49-3)10-4-7-29(2)24-51(48,25-38(46)33-20-34-9-6-18-44(34)23-33)43-41(47)31-13-16-40(50-27-42)37(45)21-31/h4,6,9-11,13,15-16,19-21,23,29,32,35,39H,5,7-8,12,14,17-18,22,24-27H2,1-3H3/b10-4+/t29-,32-,35+,39-,42-,51+/m0/s1. The maximum absolute atomic E-state index is 14.7.